The molecule has 1 aromatic carbocycles. The van der Waals surface area contributed by atoms with Gasteiger partial charge in [-0.1, -0.05) is 6.92 Å². The van der Waals surface area contributed by atoms with Gasteiger partial charge in [-0.25, -0.2) is 0 Å². The minimum absolute atomic E-state index is 0.0857. The van der Waals surface area contributed by atoms with Crippen molar-refractivity contribution in [2.24, 2.45) is 5.41 Å². The maximum atomic E-state index is 13.1. The second-order valence-corrected chi connectivity index (χ2v) is 8.72. The molecule has 2 fully saturated rings. The van der Waals surface area contributed by atoms with E-state index >= 15 is 0 Å². The number of alkyl halides is 6. The molecular formula is C22H28F6N2O2. The van der Waals surface area contributed by atoms with Crippen molar-refractivity contribution < 1.29 is 35.9 Å². The Labute approximate surface area is 183 Å². The maximum absolute atomic E-state index is 13.1. The monoisotopic (exact) mass is 466 g/mol. The minimum atomic E-state index is -4.92. The van der Waals surface area contributed by atoms with Crippen LogP contribution in [0, 0.1) is 5.41 Å². The normalized spacial score (nSPS) is 25.2. The molecule has 0 spiro atoms. The molecule has 1 aliphatic carbocycles. The zero-order valence-electron chi connectivity index (χ0n) is 17.8. The Balaban J connectivity index is 1.67. The molecule has 0 radical (unpaired) electrons. The van der Waals surface area contributed by atoms with Gasteiger partial charge in [0.2, 0.25) is 5.91 Å². The van der Waals surface area contributed by atoms with Crippen molar-refractivity contribution in [1.82, 2.24) is 10.6 Å². The first-order valence-electron chi connectivity index (χ1n) is 10.8. The number of rotatable bonds is 6. The van der Waals surface area contributed by atoms with Crippen LogP contribution >= 0.6 is 0 Å². The van der Waals surface area contributed by atoms with Crippen LogP contribution in [0.1, 0.15) is 62.1 Å². The van der Waals surface area contributed by atoms with Crippen LogP contribution in [-0.2, 0) is 28.4 Å². The fourth-order valence-electron chi connectivity index (χ4n) is 4.65. The van der Waals surface area contributed by atoms with Gasteiger partial charge in [-0.3, -0.25) is 4.79 Å². The predicted octanol–water partition coefficient (Wildman–Crippen LogP) is 5.06. The highest BCUT2D eigenvalue weighted by Gasteiger charge is 2.44. The number of hydrogen-bond acceptors (Lipinski definition) is 3. The molecule has 2 N–H and O–H groups in total. The molecule has 4 nitrogen and oxygen atoms in total. The largest absolute Gasteiger partial charge is 0.416 e. The highest BCUT2D eigenvalue weighted by atomic mass is 19.4. The molecule has 10 heteroatoms. The van der Waals surface area contributed by atoms with Crippen molar-refractivity contribution in [1.29, 1.82) is 0 Å². The smallest absolute Gasteiger partial charge is 0.381 e. The number of carbonyl (C=O) groups is 1. The summed E-state index contributed by atoms with van der Waals surface area (Å²) in [5.41, 5.74) is -3.69. The SMILES string of the molecule is CC[C@]1(C(=O)NCc2cc(C(F)(F)F)cc(C(F)(F)F)c2)CC[C@@H](NC2CCOCC2)C1. The number of nitrogens with one attached hydrogen (secondary N) is 2. The van der Waals surface area contributed by atoms with Gasteiger partial charge in [0.15, 0.2) is 0 Å². The van der Waals surface area contributed by atoms with Gasteiger partial charge >= 0.3 is 12.4 Å². The van der Waals surface area contributed by atoms with Crippen LogP contribution in [0.4, 0.5) is 26.3 Å². The molecule has 32 heavy (non-hydrogen) atoms. The Morgan fingerprint density at radius 3 is 2.12 bits per heavy atom. The summed E-state index contributed by atoms with van der Waals surface area (Å²) in [5.74, 6) is -0.331. The molecular weight excluding hydrogens is 438 g/mol. The molecule has 1 heterocycles. The zero-order chi connectivity index (χ0) is 23.6. The summed E-state index contributed by atoms with van der Waals surface area (Å²) in [7, 11) is 0. The van der Waals surface area contributed by atoms with E-state index in [4.69, 9.17) is 4.74 Å². The molecule has 1 saturated heterocycles. The fourth-order valence-corrected chi connectivity index (χ4v) is 4.65. The van der Waals surface area contributed by atoms with Crippen molar-refractivity contribution in [2.45, 2.75) is 76.4 Å². The van der Waals surface area contributed by atoms with E-state index in [1.54, 1.807) is 0 Å². The van der Waals surface area contributed by atoms with Gasteiger partial charge in [-0.05, 0) is 62.3 Å². The lowest BCUT2D eigenvalue weighted by Crippen LogP contribution is -2.43. The van der Waals surface area contributed by atoms with Crippen molar-refractivity contribution in [3.63, 3.8) is 0 Å². The fraction of sp³-hybridized carbons (Fsp3) is 0.682. The van der Waals surface area contributed by atoms with Crippen LogP contribution in [0.25, 0.3) is 0 Å². The molecule has 180 valence electrons. The van der Waals surface area contributed by atoms with E-state index in [9.17, 15) is 31.1 Å². The first-order valence-corrected chi connectivity index (χ1v) is 10.8. The number of hydrogen-bond donors (Lipinski definition) is 2. The van der Waals surface area contributed by atoms with Gasteiger partial charge in [-0.2, -0.15) is 26.3 Å². The van der Waals surface area contributed by atoms with Crippen LogP contribution in [-0.4, -0.2) is 31.2 Å². The van der Waals surface area contributed by atoms with Crippen LogP contribution in [0.3, 0.4) is 0 Å². The number of benzene rings is 1. The van der Waals surface area contributed by atoms with Crippen LogP contribution in [0.2, 0.25) is 0 Å². The molecule has 1 saturated carbocycles. The Morgan fingerprint density at radius 1 is 1.00 bits per heavy atom. The zero-order valence-corrected chi connectivity index (χ0v) is 17.8. The third-order valence-corrected chi connectivity index (χ3v) is 6.56. The first kappa shape index (κ1) is 24.8. The molecule has 1 aromatic rings. The van der Waals surface area contributed by atoms with Crippen molar-refractivity contribution >= 4 is 5.91 Å². The summed E-state index contributed by atoms with van der Waals surface area (Å²) in [4.78, 5) is 13.0. The van der Waals surface area contributed by atoms with Crippen molar-refractivity contribution in [2.75, 3.05) is 13.2 Å². The van der Waals surface area contributed by atoms with Crippen molar-refractivity contribution in [3.05, 3.63) is 34.9 Å². The van der Waals surface area contributed by atoms with E-state index in [0.717, 1.165) is 19.3 Å². The third kappa shape index (κ3) is 5.95. The van der Waals surface area contributed by atoms with E-state index in [1.165, 1.54) is 0 Å². The number of carbonyl (C=O) groups excluding carboxylic acids is 1. The molecule has 1 amide bonds. The lowest BCUT2D eigenvalue weighted by molar-refractivity contribution is -0.143. The summed E-state index contributed by atoms with van der Waals surface area (Å²) in [6, 6.07) is 1.86. The predicted molar refractivity (Wildman–Crippen MR) is 106 cm³/mol. The van der Waals surface area contributed by atoms with E-state index in [-0.39, 0.29) is 23.6 Å². The van der Waals surface area contributed by atoms with Crippen LogP contribution in [0.15, 0.2) is 18.2 Å². The minimum Gasteiger partial charge on any atom is -0.381 e. The highest BCUT2D eigenvalue weighted by Crippen LogP contribution is 2.42. The first-order chi connectivity index (χ1) is 14.9. The topological polar surface area (TPSA) is 50.4 Å². The summed E-state index contributed by atoms with van der Waals surface area (Å²) in [6.07, 6.45) is -5.49. The van der Waals surface area contributed by atoms with Crippen LogP contribution in [0.5, 0.6) is 0 Å². The average Bonchev–Trinajstić information content (AvgIpc) is 3.15. The number of amides is 1. The summed E-state index contributed by atoms with van der Waals surface area (Å²) >= 11 is 0. The van der Waals surface area contributed by atoms with E-state index < -0.39 is 35.4 Å². The van der Waals surface area contributed by atoms with Gasteiger partial charge in [0, 0.05) is 31.8 Å². The molecule has 2 aliphatic rings. The molecule has 1 aliphatic heterocycles. The molecule has 3 rings (SSSR count). The number of ether oxygens (including phenoxy) is 1. The van der Waals surface area contributed by atoms with Crippen molar-refractivity contribution in [3.8, 4) is 0 Å². The van der Waals surface area contributed by atoms with Gasteiger partial charge < -0.3 is 15.4 Å². The average molecular weight is 466 g/mol. The Kier molecular flexibility index (Phi) is 7.44. The lowest BCUT2D eigenvalue weighted by atomic mass is 9.82. The van der Waals surface area contributed by atoms with Gasteiger partial charge in [-0.15, -0.1) is 0 Å². The summed E-state index contributed by atoms with van der Waals surface area (Å²) < 4.78 is 83.7. The van der Waals surface area contributed by atoms with Crippen LogP contribution < -0.4 is 10.6 Å². The lowest BCUT2D eigenvalue weighted by Gasteiger charge is -2.29. The van der Waals surface area contributed by atoms with Gasteiger partial charge in [0.1, 0.15) is 0 Å². The Morgan fingerprint density at radius 2 is 1.59 bits per heavy atom. The molecule has 0 unspecified atom stereocenters. The molecule has 0 bridgehead atoms. The third-order valence-electron chi connectivity index (χ3n) is 6.56. The molecule has 2 atom stereocenters. The summed E-state index contributed by atoms with van der Waals surface area (Å²) in [6.45, 7) is 2.87. The van der Waals surface area contributed by atoms with E-state index in [0.29, 0.717) is 50.7 Å². The Hall–Kier alpha value is -1.81. The quantitative estimate of drug-likeness (QED) is 0.577. The maximum Gasteiger partial charge on any atom is 0.416 e. The second-order valence-electron chi connectivity index (χ2n) is 8.72. The highest BCUT2D eigenvalue weighted by molar-refractivity contribution is 5.83. The van der Waals surface area contributed by atoms with E-state index in [2.05, 4.69) is 10.6 Å². The summed E-state index contributed by atoms with van der Waals surface area (Å²) in [5, 5.41) is 6.17. The van der Waals surface area contributed by atoms with Gasteiger partial charge in [0.05, 0.1) is 16.5 Å². The standard InChI is InChI=1S/C22H28F6N2O2/c1-2-20(6-3-18(12-20)30-17-4-7-32-8-5-17)19(31)29-13-14-9-15(21(23,24)25)11-16(10-14)22(26,27)28/h9-11,17-18,30H,2-8,12-13H2,1H3,(H,29,31)/t18-,20+/m1/s1. The molecule has 0 aromatic heterocycles. The Bertz CT molecular complexity index is 772. The second kappa shape index (κ2) is 9.59. The van der Waals surface area contributed by atoms with E-state index in [1.807, 2.05) is 6.92 Å². The van der Waals surface area contributed by atoms with Gasteiger partial charge in [0.25, 0.3) is 0 Å². The number of halogens is 6.